The van der Waals surface area contributed by atoms with Crippen LogP contribution in [0.4, 0.5) is 29.1 Å². The molecule has 7 nitrogen and oxygen atoms in total. The lowest BCUT2D eigenvalue weighted by Crippen LogP contribution is -2.49. The fourth-order valence-corrected chi connectivity index (χ4v) is 3.71. The Balaban J connectivity index is 1.36. The molecule has 0 radical (unpaired) electrons. The number of anilines is 2. The minimum absolute atomic E-state index is 0.108. The third-order valence-electron chi connectivity index (χ3n) is 5.10. The van der Waals surface area contributed by atoms with Gasteiger partial charge in [0, 0.05) is 31.0 Å². The summed E-state index contributed by atoms with van der Waals surface area (Å²) < 4.78 is 51.9. The molecule has 0 unspecified atom stereocenters. The van der Waals surface area contributed by atoms with Crippen LogP contribution in [-0.2, 0) is 11.0 Å². The summed E-state index contributed by atoms with van der Waals surface area (Å²) >= 11 is 0. The smallest absolute Gasteiger partial charge is 0.376 e. The summed E-state index contributed by atoms with van der Waals surface area (Å²) in [7, 11) is 0. The number of H-pyrrole nitrogens is 1. The van der Waals surface area contributed by atoms with Crippen molar-refractivity contribution in [3.63, 3.8) is 0 Å². The number of carbonyl (C=O) groups excluding carboxylic acids is 1. The second-order valence-electron chi connectivity index (χ2n) is 7.37. The van der Waals surface area contributed by atoms with Crippen LogP contribution < -0.4 is 15.5 Å². The highest BCUT2D eigenvalue weighted by atomic mass is 19.4. The van der Waals surface area contributed by atoms with Crippen LogP contribution in [-0.4, -0.2) is 46.5 Å². The molecular formula is C20H20F4N6O. The molecule has 1 atom stereocenters. The van der Waals surface area contributed by atoms with Crippen LogP contribution in [0.1, 0.15) is 18.4 Å². The summed E-state index contributed by atoms with van der Waals surface area (Å²) in [6.07, 6.45) is 0.204. The largest absolute Gasteiger partial charge is 0.416 e. The second-order valence-corrected chi connectivity index (χ2v) is 7.37. The highest BCUT2D eigenvalue weighted by Gasteiger charge is 2.31. The fourth-order valence-electron chi connectivity index (χ4n) is 3.71. The molecule has 31 heavy (non-hydrogen) atoms. The molecule has 1 aliphatic heterocycles. The normalized spacial score (nSPS) is 17.0. The highest BCUT2D eigenvalue weighted by Crippen LogP contribution is 2.31. The van der Waals surface area contributed by atoms with Gasteiger partial charge in [0.25, 0.3) is 0 Å². The molecule has 164 valence electrons. The number of alkyl halides is 3. The summed E-state index contributed by atoms with van der Waals surface area (Å²) in [6.45, 7) is 1.06. The summed E-state index contributed by atoms with van der Waals surface area (Å²) in [5, 5.41) is 6.33. The van der Waals surface area contributed by atoms with Crippen molar-refractivity contribution in [2.45, 2.75) is 25.1 Å². The zero-order chi connectivity index (χ0) is 22.0. The molecule has 3 heterocycles. The van der Waals surface area contributed by atoms with Crippen molar-refractivity contribution in [2.75, 3.05) is 29.9 Å². The number of hydrogen-bond acceptors (Lipinski definition) is 5. The fraction of sp³-hybridized carbons (Fsp3) is 0.350. The van der Waals surface area contributed by atoms with Crippen LogP contribution in [0, 0.1) is 5.82 Å². The zero-order valence-electron chi connectivity index (χ0n) is 16.3. The lowest BCUT2D eigenvalue weighted by molar-refractivity contribution is -0.137. The number of benzene rings is 1. The van der Waals surface area contributed by atoms with E-state index in [1.807, 2.05) is 6.07 Å². The van der Waals surface area contributed by atoms with Crippen molar-refractivity contribution in [2.24, 2.45) is 0 Å². The first-order chi connectivity index (χ1) is 14.8. The van der Waals surface area contributed by atoms with Crippen molar-refractivity contribution >= 4 is 28.4 Å². The second kappa shape index (κ2) is 8.40. The molecule has 1 fully saturated rings. The summed E-state index contributed by atoms with van der Waals surface area (Å²) in [5.41, 5.74) is -0.489. The molecule has 2 aromatic heterocycles. The first kappa shape index (κ1) is 20.9. The molecule has 3 N–H and O–H groups in total. The van der Waals surface area contributed by atoms with E-state index in [0.717, 1.165) is 48.4 Å². The van der Waals surface area contributed by atoms with Crippen molar-refractivity contribution < 1.29 is 22.4 Å². The highest BCUT2D eigenvalue weighted by molar-refractivity contribution is 5.87. The van der Waals surface area contributed by atoms with Crippen molar-refractivity contribution in [1.29, 1.82) is 0 Å². The maximum atomic E-state index is 13.5. The van der Waals surface area contributed by atoms with E-state index < -0.39 is 17.6 Å². The summed E-state index contributed by atoms with van der Waals surface area (Å²) in [4.78, 5) is 26.0. The summed E-state index contributed by atoms with van der Waals surface area (Å²) in [6, 6.07) is 3.85. The monoisotopic (exact) mass is 436 g/mol. The average Bonchev–Trinajstić information content (AvgIpc) is 3.20. The number of aromatic nitrogens is 3. The van der Waals surface area contributed by atoms with E-state index in [-0.39, 0.29) is 24.2 Å². The molecule has 3 aromatic rings. The van der Waals surface area contributed by atoms with Gasteiger partial charge in [-0.2, -0.15) is 13.2 Å². The molecule has 1 amide bonds. The van der Waals surface area contributed by atoms with Crippen molar-refractivity contribution in [3.8, 4) is 0 Å². The Morgan fingerprint density at radius 2 is 2.10 bits per heavy atom. The van der Waals surface area contributed by atoms with Gasteiger partial charge in [0.2, 0.25) is 5.91 Å². The number of amides is 1. The number of nitrogens with zero attached hydrogens (tertiary/aromatic N) is 3. The predicted molar refractivity (Wildman–Crippen MR) is 107 cm³/mol. The van der Waals surface area contributed by atoms with Crippen LogP contribution in [0.2, 0.25) is 0 Å². The lowest BCUT2D eigenvalue weighted by atomic mass is 10.1. The molecule has 0 aliphatic carbocycles. The number of hydrogen-bond donors (Lipinski definition) is 3. The van der Waals surface area contributed by atoms with Gasteiger partial charge < -0.3 is 20.5 Å². The first-order valence-corrected chi connectivity index (χ1v) is 9.73. The topological polar surface area (TPSA) is 85.9 Å². The quantitative estimate of drug-likeness (QED) is 0.535. The number of rotatable bonds is 5. The minimum Gasteiger partial charge on any atom is -0.376 e. The van der Waals surface area contributed by atoms with Gasteiger partial charge in [-0.15, -0.1) is 0 Å². The molecule has 0 saturated carbocycles. The number of nitrogens with one attached hydrogen (secondary N) is 3. The Morgan fingerprint density at radius 1 is 1.26 bits per heavy atom. The number of aromatic amines is 1. The molecule has 11 heteroatoms. The van der Waals surface area contributed by atoms with Crippen LogP contribution in [0.15, 0.2) is 36.8 Å². The maximum absolute atomic E-state index is 13.5. The molecule has 0 spiro atoms. The standard InChI is InChI=1S/C20H20F4N6O/c21-13-6-12(20(22,23)24)7-15(8-13)26-9-17(31)29-14-2-1-5-30(10-14)19-16-3-4-25-18(16)27-11-28-19/h3-4,6-8,11,14,26H,1-2,5,9-10H2,(H,29,31)(H,25,27,28)/t14-/m0/s1. The van der Waals surface area contributed by atoms with E-state index in [2.05, 4.69) is 30.5 Å². The van der Waals surface area contributed by atoms with Gasteiger partial charge in [0.1, 0.15) is 23.6 Å². The van der Waals surface area contributed by atoms with Crippen LogP contribution in [0.3, 0.4) is 0 Å². The maximum Gasteiger partial charge on any atom is 0.416 e. The SMILES string of the molecule is O=C(CNc1cc(F)cc(C(F)(F)F)c1)N[C@H]1CCCN(c2ncnc3[nH]ccc23)C1. The molecule has 0 bridgehead atoms. The van der Waals surface area contributed by atoms with E-state index in [0.29, 0.717) is 12.6 Å². The Kier molecular flexibility index (Phi) is 5.66. The van der Waals surface area contributed by atoms with Gasteiger partial charge in [-0.05, 0) is 37.1 Å². The first-order valence-electron chi connectivity index (χ1n) is 9.73. The third-order valence-corrected chi connectivity index (χ3v) is 5.10. The van der Waals surface area contributed by atoms with Gasteiger partial charge in [-0.1, -0.05) is 0 Å². The van der Waals surface area contributed by atoms with Crippen LogP contribution in [0.5, 0.6) is 0 Å². The van der Waals surface area contributed by atoms with E-state index in [9.17, 15) is 22.4 Å². The van der Waals surface area contributed by atoms with Gasteiger partial charge in [-0.25, -0.2) is 14.4 Å². The lowest BCUT2D eigenvalue weighted by Gasteiger charge is -2.34. The van der Waals surface area contributed by atoms with Crippen LogP contribution >= 0.6 is 0 Å². The van der Waals surface area contributed by atoms with Gasteiger partial charge in [0.15, 0.2) is 0 Å². The van der Waals surface area contributed by atoms with Gasteiger partial charge >= 0.3 is 6.18 Å². The minimum atomic E-state index is -4.67. The van der Waals surface area contributed by atoms with Crippen LogP contribution in [0.25, 0.3) is 11.0 Å². The molecule has 1 saturated heterocycles. The van der Waals surface area contributed by atoms with E-state index in [1.54, 1.807) is 6.20 Å². The number of halogens is 4. The number of fused-ring (bicyclic) bond motifs is 1. The third kappa shape index (κ3) is 4.86. The predicted octanol–water partition coefficient (Wildman–Crippen LogP) is 3.31. The zero-order valence-corrected chi connectivity index (χ0v) is 16.3. The Bertz CT molecular complexity index is 1080. The van der Waals surface area contributed by atoms with E-state index >= 15 is 0 Å². The van der Waals surface area contributed by atoms with Crippen molar-refractivity contribution in [1.82, 2.24) is 20.3 Å². The van der Waals surface area contributed by atoms with Gasteiger partial charge in [0.05, 0.1) is 17.5 Å². The number of carbonyl (C=O) groups is 1. The average molecular weight is 436 g/mol. The van der Waals surface area contributed by atoms with Gasteiger partial charge in [-0.3, -0.25) is 4.79 Å². The van der Waals surface area contributed by atoms with E-state index in [4.69, 9.17) is 0 Å². The molecule has 4 rings (SSSR count). The van der Waals surface area contributed by atoms with E-state index in [1.165, 1.54) is 6.33 Å². The molecule has 1 aliphatic rings. The number of piperidine rings is 1. The Hall–Kier alpha value is -3.37. The molecular weight excluding hydrogens is 416 g/mol. The summed E-state index contributed by atoms with van der Waals surface area (Å²) in [5.74, 6) is -0.636. The Labute approximate surface area is 174 Å². The Morgan fingerprint density at radius 3 is 2.90 bits per heavy atom. The van der Waals surface area contributed by atoms with Crippen molar-refractivity contribution in [3.05, 3.63) is 48.2 Å². The molecule has 1 aromatic carbocycles.